The first-order chi connectivity index (χ1) is 10.2. The minimum Gasteiger partial charge on any atom is -0.322 e. The topological polar surface area (TPSA) is 46.2 Å². The number of hydrogen-bond donors (Lipinski definition) is 1. The molecule has 3 heteroatoms. The summed E-state index contributed by atoms with van der Waals surface area (Å²) in [4.78, 5) is 23.4. The third-order valence-corrected chi connectivity index (χ3v) is 3.55. The summed E-state index contributed by atoms with van der Waals surface area (Å²) in [6, 6.07) is 13.0. The van der Waals surface area contributed by atoms with E-state index in [2.05, 4.69) is 5.32 Å². The molecule has 2 rings (SSSR count). The van der Waals surface area contributed by atoms with Crippen molar-refractivity contribution >= 4 is 17.9 Å². The van der Waals surface area contributed by atoms with E-state index >= 15 is 0 Å². The molecule has 2 aromatic carbocycles. The van der Waals surface area contributed by atoms with Gasteiger partial charge in [0, 0.05) is 16.8 Å². The molecule has 108 valence electrons. The van der Waals surface area contributed by atoms with E-state index in [1.165, 1.54) is 0 Å². The first kappa shape index (κ1) is 15.0. The summed E-state index contributed by atoms with van der Waals surface area (Å²) < 4.78 is 0. The van der Waals surface area contributed by atoms with Gasteiger partial charge in [-0.2, -0.15) is 0 Å². The fraction of sp³-hybridized carbons (Fsp3) is 0.222. The standard InChI is InChI=1S/C18H19NO2/c1-3-13-9-10-16(11-15(13)12-20)19-18(21)17-8-6-5-7-14(17)4-2/h5-12H,3-4H2,1-2H3,(H,19,21). The van der Waals surface area contributed by atoms with E-state index in [1.54, 1.807) is 6.07 Å². The summed E-state index contributed by atoms with van der Waals surface area (Å²) >= 11 is 0. The fourth-order valence-electron chi connectivity index (χ4n) is 2.35. The zero-order valence-corrected chi connectivity index (χ0v) is 12.3. The number of nitrogens with one attached hydrogen (secondary N) is 1. The van der Waals surface area contributed by atoms with Crippen LogP contribution in [0.1, 0.15) is 45.7 Å². The zero-order chi connectivity index (χ0) is 15.2. The SMILES string of the molecule is CCc1ccc(NC(=O)c2ccccc2CC)cc1C=O. The Balaban J connectivity index is 2.25. The quantitative estimate of drug-likeness (QED) is 0.845. The van der Waals surface area contributed by atoms with Crippen LogP contribution in [0.5, 0.6) is 0 Å². The number of hydrogen-bond acceptors (Lipinski definition) is 2. The Hall–Kier alpha value is -2.42. The van der Waals surface area contributed by atoms with Crippen LogP contribution < -0.4 is 5.32 Å². The normalized spacial score (nSPS) is 10.2. The molecule has 0 heterocycles. The zero-order valence-electron chi connectivity index (χ0n) is 12.3. The van der Waals surface area contributed by atoms with Gasteiger partial charge >= 0.3 is 0 Å². The van der Waals surface area contributed by atoms with Crippen molar-refractivity contribution in [2.75, 3.05) is 5.32 Å². The summed E-state index contributed by atoms with van der Waals surface area (Å²) in [6.07, 6.45) is 2.42. The van der Waals surface area contributed by atoms with Gasteiger partial charge in [-0.05, 0) is 42.2 Å². The van der Waals surface area contributed by atoms with Crippen LogP contribution >= 0.6 is 0 Å². The second-order valence-corrected chi connectivity index (χ2v) is 4.85. The molecule has 2 aromatic rings. The molecule has 0 unspecified atom stereocenters. The molecule has 1 N–H and O–H groups in total. The molecule has 0 aliphatic heterocycles. The van der Waals surface area contributed by atoms with Gasteiger partial charge in [-0.3, -0.25) is 9.59 Å². The summed E-state index contributed by atoms with van der Waals surface area (Å²) in [7, 11) is 0. The van der Waals surface area contributed by atoms with Crippen molar-refractivity contribution in [2.24, 2.45) is 0 Å². The van der Waals surface area contributed by atoms with Gasteiger partial charge in [-0.1, -0.05) is 38.1 Å². The van der Waals surface area contributed by atoms with Gasteiger partial charge in [0.2, 0.25) is 0 Å². The van der Waals surface area contributed by atoms with Gasteiger partial charge in [-0.15, -0.1) is 0 Å². The average molecular weight is 281 g/mol. The highest BCUT2D eigenvalue weighted by Gasteiger charge is 2.10. The maximum Gasteiger partial charge on any atom is 0.255 e. The smallest absolute Gasteiger partial charge is 0.255 e. The van der Waals surface area contributed by atoms with E-state index in [0.717, 1.165) is 30.3 Å². The van der Waals surface area contributed by atoms with E-state index < -0.39 is 0 Å². The van der Waals surface area contributed by atoms with Crippen LogP contribution in [0.15, 0.2) is 42.5 Å². The number of rotatable bonds is 5. The highest BCUT2D eigenvalue weighted by Crippen LogP contribution is 2.17. The molecule has 0 saturated heterocycles. The van der Waals surface area contributed by atoms with Gasteiger partial charge in [0.15, 0.2) is 0 Å². The molecule has 0 fully saturated rings. The summed E-state index contributed by atoms with van der Waals surface area (Å²) in [5, 5.41) is 2.86. The van der Waals surface area contributed by atoms with Crippen molar-refractivity contribution in [1.29, 1.82) is 0 Å². The van der Waals surface area contributed by atoms with Crippen LogP contribution in [0.3, 0.4) is 0 Å². The third kappa shape index (κ3) is 3.37. The molecular formula is C18H19NO2. The van der Waals surface area contributed by atoms with Gasteiger partial charge in [-0.25, -0.2) is 0 Å². The Kier molecular flexibility index (Phi) is 4.88. The van der Waals surface area contributed by atoms with Crippen LogP contribution in [0.25, 0.3) is 0 Å². The molecule has 21 heavy (non-hydrogen) atoms. The van der Waals surface area contributed by atoms with Crippen LogP contribution in [-0.4, -0.2) is 12.2 Å². The number of carbonyl (C=O) groups excluding carboxylic acids is 2. The number of benzene rings is 2. The van der Waals surface area contributed by atoms with Gasteiger partial charge in [0.1, 0.15) is 6.29 Å². The van der Waals surface area contributed by atoms with Crippen molar-refractivity contribution in [3.05, 3.63) is 64.7 Å². The number of anilines is 1. The number of aldehydes is 1. The Morgan fingerprint density at radius 2 is 1.76 bits per heavy atom. The first-order valence-corrected chi connectivity index (χ1v) is 7.17. The first-order valence-electron chi connectivity index (χ1n) is 7.17. The minimum atomic E-state index is -0.145. The molecule has 0 aliphatic rings. The van der Waals surface area contributed by atoms with Crippen LogP contribution in [0.2, 0.25) is 0 Å². The number of carbonyl (C=O) groups is 2. The summed E-state index contributed by atoms with van der Waals surface area (Å²) in [5.41, 5.74) is 3.93. The predicted octanol–water partition coefficient (Wildman–Crippen LogP) is 3.88. The minimum absolute atomic E-state index is 0.145. The number of amides is 1. The van der Waals surface area contributed by atoms with Crippen molar-refractivity contribution in [1.82, 2.24) is 0 Å². The van der Waals surface area contributed by atoms with Crippen molar-refractivity contribution in [3.63, 3.8) is 0 Å². The second-order valence-electron chi connectivity index (χ2n) is 4.85. The molecule has 1 amide bonds. The molecule has 0 spiro atoms. The van der Waals surface area contributed by atoms with Crippen LogP contribution in [0, 0.1) is 0 Å². The lowest BCUT2D eigenvalue weighted by Crippen LogP contribution is -2.14. The predicted molar refractivity (Wildman–Crippen MR) is 85.0 cm³/mol. The third-order valence-electron chi connectivity index (χ3n) is 3.55. The Morgan fingerprint density at radius 1 is 1.05 bits per heavy atom. The maximum atomic E-state index is 12.3. The van der Waals surface area contributed by atoms with Gasteiger partial charge in [0.25, 0.3) is 5.91 Å². The molecule has 0 aromatic heterocycles. The largest absolute Gasteiger partial charge is 0.322 e. The Morgan fingerprint density at radius 3 is 2.43 bits per heavy atom. The van der Waals surface area contributed by atoms with Crippen LogP contribution in [-0.2, 0) is 12.8 Å². The van der Waals surface area contributed by atoms with Crippen molar-refractivity contribution in [3.8, 4) is 0 Å². The van der Waals surface area contributed by atoms with Gasteiger partial charge in [0.05, 0.1) is 0 Å². The molecule has 0 saturated carbocycles. The van der Waals surface area contributed by atoms with Gasteiger partial charge < -0.3 is 5.32 Å². The maximum absolute atomic E-state index is 12.3. The lowest BCUT2D eigenvalue weighted by molar-refractivity contribution is 0.102. The lowest BCUT2D eigenvalue weighted by Gasteiger charge is -2.10. The van der Waals surface area contributed by atoms with Crippen LogP contribution in [0.4, 0.5) is 5.69 Å². The molecule has 0 bridgehead atoms. The average Bonchev–Trinajstić information content (AvgIpc) is 2.54. The molecular weight excluding hydrogens is 262 g/mol. The Bertz CT molecular complexity index is 662. The van der Waals surface area contributed by atoms with Crippen molar-refractivity contribution < 1.29 is 9.59 Å². The van der Waals surface area contributed by atoms with E-state index in [4.69, 9.17) is 0 Å². The molecule has 0 atom stereocenters. The number of aryl methyl sites for hydroxylation is 2. The summed E-state index contributed by atoms with van der Waals surface area (Å²) in [6.45, 7) is 4.02. The fourth-order valence-corrected chi connectivity index (χ4v) is 2.35. The second kappa shape index (κ2) is 6.84. The molecule has 0 radical (unpaired) electrons. The Labute approximate surface area is 125 Å². The van der Waals surface area contributed by atoms with Crippen molar-refractivity contribution in [2.45, 2.75) is 26.7 Å². The highest BCUT2D eigenvalue weighted by molar-refractivity contribution is 6.05. The van der Waals surface area contributed by atoms with E-state index in [9.17, 15) is 9.59 Å². The molecule has 0 aliphatic carbocycles. The summed E-state index contributed by atoms with van der Waals surface area (Å²) in [5.74, 6) is -0.145. The van der Waals surface area contributed by atoms with E-state index in [-0.39, 0.29) is 5.91 Å². The lowest BCUT2D eigenvalue weighted by atomic mass is 10.0. The highest BCUT2D eigenvalue weighted by atomic mass is 16.1. The van der Waals surface area contributed by atoms with E-state index in [1.807, 2.05) is 50.2 Å². The monoisotopic (exact) mass is 281 g/mol. The van der Waals surface area contributed by atoms with E-state index in [0.29, 0.717) is 16.8 Å². The molecule has 3 nitrogen and oxygen atoms in total.